The van der Waals surface area contributed by atoms with Crippen LogP contribution in [0.3, 0.4) is 0 Å². The van der Waals surface area contributed by atoms with Gasteiger partial charge in [0.1, 0.15) is 0 Å². The van der Waals surface area contributed by atoms with E-state index in [0.717, 1.165) is 5.92 Å². The van der Waals surface area contributed by atoms with Crippen LogP contribution in [0.5, 0.6) is 0 Å². The van der Waals surface area contributed by atoms with Gasteiger partial charge in [0.15, 0.2) is 0 Å². The van der Waals surface area contributed by atoms with Crippen LogP contribution in [-0.4, -0.2) is 0 Å². The summed E-state index contributed by atoms with van der Waals surface area (Å²) in [5.41, 5.74) is 4.65. The van der Waals surface area contributed by atoms with Gasteiger partial charge >= 0.3 is 0 Å². The topological polar surface area (TPSA) is 0 Å². The quantitative estimate of drug-likeness (QED) is 0.639. The molecule has 1 aromatic carbocycles. The zero-order valence-electron chi connectivity index (χ0n) is 8.64. The molecule has 0 amide bonds. The minimum atomic E-state index is 0.862. The SMILES string of the molecule is CCCC1CCc2cc(C)ccc21. The lowest BCUT2D eigenvalue weighted by atomic mass is 9.96. The molecule has 0 aromatic heterocycles. The Kier molecular flexibility index (Phi) is 2.39. The molecule has 1 unspecified atom stereocenters. The average Bonchev–Trinajstić information content (AvgIpc) is 2.49. The Bertz CT molecular complexity index is 299. The highest BCUT2D eigenvalue weighted by atomic mass is 14.3. The maximum absolute atomic E-state index is 2.37. The lowest BCUT2D eigenvalue weighted by Gasteiger charge is -2.09. The summed E-state index contributed by atoms with van der Waals surface area (Å²) >= 11 is 0. The first kappa shape index (κ1) is 8.80. The first-order chi connectivity index (χ1) is 6.31. The van der Waals surface area contributed by atoms with Crippen LogP contribution in [0.1, 0.15) is 48.8 Å². The second-order valence-electron chi connectivity index (χ2n) is 4.23. The summed E-state index contributed by atoms with van der Waals surface area (Å²) in [5.74, 6) is 0.862. The summed E-state index contributed by atoms with van der Waals surface area (Å²) in [6, 6.07) is 6.97. The molecule has 0 saturated heterocycles. The fourth-order valence-corrected chi connectivity index (χ4v) is 2.48. The van der Waals surface area contributed by atoms with Crippen molar-refractivity contribution in [3.63, 3.8) is 0 Å². The molecular weight excluding hydrogens is 156 g/mol. The third-order valence-corrected chi connectivity index (χ3v) is 3.14. The van der Waals surface area contributed by atoms with E-state index in [-0.39, 0.29) is 0 Å². The number of hydrogen-bond acceptors (Lipinski definition) is 0. The van der Waals surface area contributed by atoms with Crippen molar-refractivity contribution in [2.45, 2.75) is 45.4 Å². The van der Waals surface area contributed by atoms with Crippen LogP contribution in [0, 0.1) is 6.92 Å². The number of benzene rings is 1. The van der Waals surface area contributed by atoms with Gasteiger partial charge in [0.25, 0.3) is 0 Å². The maximum atomic E-state index is 2.37. The van der Waals surface area contributed by atoms with Crippen molar-refractivity contribution in [1.29, 1.82) is 0 Å². The van der Waals surface area contributed by atoms with Crippen molar-refractivity contribution in [2.75, 3.05) is 0 Å². The fourth-order valence-electron chi connectivity index (χ4n) is 2.48. The zero-order valence-corrected chi connectivity index (χ0v) is 8.64. The molecule has 1 atom stereocenters. The lowest BCUT2D eigenvalue weighted by molar-refractivity contribution is 0.608. The van der Waals surface area contributed by atoms with E-state index in [9.17, 15) is 0 Å². The van der Waals surface area contributed by atoms with Gasteiger partial charge in [0.05, 0.1) is 0 Å². The third kappa shape index (κ3) is 1.63. The van der Waals surface area contributed by atoms with E-state index in [4.69, 9.17) is 0 Å². The van der Waals surface area contributed by atoms with Crippen molar-refractivity contribution in [3.8, 4) is 0 Å². The van der Waals surface area contributed by atoms with Crippen LogP contribution in [0.15, 0.2) is 18.2 Å². The molecule has 70 valence electrons. The Balaban J connectivity index is 2.27. The van der Waals surface area contributed by atoms with Crippen molar-refractivity contribution in [1.82, 2.24) is 0 Å². The molecule has 1 aromatic rings. The van der Waals surface area contributed by atoms with Crippen molar-refractivity contribution < 1.29 is 0 Å². The first-order valence-corrected chi connectivity index (χ1v) is 5.40. The van der Waals surface area contributed by atoms with Crippen LogP contribution in [-0.2, 0) is 6.42 Å². The van der Waals surface area contributed by atoms with E-state index < -0.39 is 0 Å². The van der Waals surface area contributed by atoms with E-state index >= 15 is 0 Å². The van der Waals surface area contributed by atoms with E-state index in [1.165, 1.54) is 31.2 Å². The van der Waals surface area contributed by atoms with Gasteiger partial charge in [0, 0.05) is 0 Å². The Morgan fingerprint density at radius 1 is 1.38 bits per heavy atom. The average molecular weight is 174 g/mol. The molecule has 1 aliphatic rings. The maximum Gasteiger partial charge on any atom is -0.0156 e. The Morgan fingerprint density at radius 3 is 3.00 bits per heavy atom. The van der Waals surface area contributed by atoms with Gasteiger partial charge in [-0.05, 0) is 43.2 Å². The van der Waals surface area contributed by atoms with E-state index in [0.29, 0.717) is 0 Å². The van der Waals surface area contributed by atoms with Gasteiger partial charge < -0.3 is 0 Å². The summed E-state index contributed by atoms with van der Waals surface area (Å²) < 4.78 is 0. The molecule has 0 radical (unpaired) electrons. The largest absolute Gasteiger partial charge is 0.0654 e. The van der Waals surface area contributed by atoms with E-state index in [1.807, 2.05) is 0 Å². The number of aryl methyl sites for hydroxylation is 2. The highest BCUT2D eigenvalue weighted by Gasteiger charge is 2.20. The molecule has 0 spiro atoms. The molecule has 0 fully saturated rings. The monoisotopic (exact) mass is 174 g/mol. The predicted molar refractivity (Wildman–Crippen MR) is 57.1 cm³/mol. The molecule has 0 nitrogen and oxygen atoms in total. The highest BCUT2D eigenvalue weighted by Crippen LogP contribution is 2.36. The minimum absolute atomic E-state index is 0.862. The normalized spacial score (nSPS) is 20.3. The number of fused-ring (bicyclic) bond motifs is 1. The highest BCUT2D eigenvalue weighted by molar-refractivity contribution is 5.37. The Labute approximate surface area is 81.0 Å². The van der Waals surface area contributed by atoms with Crippen LogP contribution in [0.2, 0.25) is 0 Å². The molecule has 0 saturated carbocycles. The predicted octanol–water partition coefficient (Wildman–Crippen LogP) is 3.82. The van der Waals surface area contributed by atoms with Crippen LogP contribution in [0.25, 0.3) is 0 Å². The molecule has 0 heterocycles. The summed E-state index contributed by atoms with van der Waals surface area (Å²) in [4.78, 5) is 0. The van der Waals surface area contributed by atoms with E-state index in [2.05, 4.69) is 32.0 Å². The molecule has 13 heavy (non-hydrogen) atoms. The summed E-state index contributed by atoms with van der Waals surface area (Å²) in [5, 5.41) is 0. The molecule has 0 heteroatoms. The molecule has 2 rings (SSSR count). The van der Waals surface area contributed by atoms with Crippen molar-refractivity contribution in [2.24, 2.45) is 0 Å². The molecular formula is C13H18. The van der Waals surface area contributed by atoms with Gasteiger partial charge in [-0.3, -0.25) is 0 Å². The van der Waals surface area contributed by atoms with Gasteiger partial charge in [-0.2, -0.15) is 0 Å². The molecule has 0 bridgehead atoms. The van der Waals surface area contributed by atoms with Gasteiger partial charge in [-0.1, -0.05) is 37.1 Å². The molecule has 0 N–H and O–H groups in total. The van der Waals surface area contributed by atoms with Crippen LogP contribution in [0.4, 0.5) is 0 Å². The second kappa shape index (κ2) is 3.53. The Hall–Kier alpha value is -0.780. The van der Waals surface area contributed by atoms with Crippen LogP contribution < -0.4 is 0 Å². The van der Waals surface area contributed by atoms with Gasteiger partial charge in [-0.25, -0.2) is 0 Å². The lowest BCUT2D eigenvalue weighted by Crippen LogP contribution is -1.92. The van der Waals surface area contributed by atoms with Gasteiger partial charge in [-0.15, -0.1) is 0 Å². The van der Waals surface area contributed by atoms with E-state index in [1.54, 1.807) is 11.1 Å². The third-order valence-electron chi connectivity index (χ3n) is 3.14. The second-order valence-corrected chi connectivity index (χ2v) is 4.23. The van der Waals surface area contributed by atoms with Crippen molar-refractivity contribution in [3.05, 3.63) is 34.9 Å². The number of rotatable bonds is 2. The minimum Gasteiger partial charge on any atom is -0.0654 e. The number of hydrogen-bond donors (Lipinski definition) is 0. The molecule has 0 aliphatic heterocycles. The fraction of sp³-hybridized carbons (Fsp3) is 0.538. The first-order valence-electron chi connectivity index (χ1n) is 5.40. The van der Waals surface area contributed by atoms with Gasteiger partial charge in [0.2, 0.25) is 0 Å². The summed E-state index contributed by atoms with van der Waals surface area (Å²) in [7, 11) is 0. The molecule has 1 aliphatic carbocycles. The summed E-state index contributed by atoms with van der Waals surface area (Å²) in [6.07, 6.45) is 5.38. The standard InChI is InChI=1S/C13H18/c1-3-4-11-6-7-12-9-10(2)5-8-13(11)12/h5,8-9,11H,3-4,6-7H2,1-2H3. The zero-order chi connectivity index (χ0) is 9.26. The van der Waals surface area contributed by atoms with Crippen molar-refractivity contribution >= 4 is 0 Å². The smallest absolute Gasteiger partial charge is 0.0156 e. The summed E-state index contributed by atoms with van der Waals surface area (Å²) in [6.45, 7) is 4.47. The Morgan fingerprint density at radius 2 is 2.23 bits per heavy atom. The van der Waals surface area contributed by atoms with Crippen LogP contribution >= 0.6 is 0 Å².